The number of urea groups is 1. The molecule has 0 radical (unpaired) electrons. The van der Waals surface area contributed by atoms with E-state index in [1.165, 1.54) is 25.7 Å². The third kappa shape index (κ3) is 4.53. The Kier molecular flexibility index (Phi) is 6.28. The zero-order valence-electron chi connectivity index (χ0n) is 19.7. The summed E-state index contributed by atoms with van der Waals surface area (Å²) in [4.78, 5) is 19.5. The van der Waals surface area contributed by atoms with E-state index in [0.29, 0.717) is 61.2 Å². The molecule has 2 saturated carbocycles. The fourth-order valence-corrected chi connectivity index (χ4v) is 5.40. The number of aromatic nitrogens is 2. The average molecular weight is 466 g/mol. The van der Waals surface area contributed by atoms with E-state index < -0.39 is 6.17 Å². The lowest BCUT2D eigenvalue weighted by molar-refractivity contribution is 0.169. The predicted molar refractivity (Wildman–Crippen MR) is 125 cm³/mol. The topological polar surface area (TPSA) is 95.1 Å². The van der Waals surface area contributed by atoms with Crippen molar-refractivity contribution in [3.63, 3.8) is 0 Å². The fourth-order valence-electron chi connectivity index (χ4n) is 5.40. The van der Waals surface area contributed by atoms with Gasteiger partial charge in [0, 0.05) is 18.5 Å². The predicted octanol–water partition coefficient (Wildman–Crippen LogP) is 5.79. The molecule has 1 saturated heterocycles. The second kappa shape index (κ2) is 9.36. The number of para-hydroxylation sites is 1. The summed E-state index contributed by atoms with van der Waals surface area (Å²) in [6.45, 7) is 3.18. The molecule has 3 fully saturated rings. The van der Waals surface area contributed by atoms with Gasteiger partial charge in [-0.25, -0.2) is 9.18 Å². The van der Waals surface area contributed by atoms with Gasteiger partial charge in [-0.15, -0.1) is 0 Å². The van der Waals surface area contributed by atoms with Gasteiger partial charge < -0.3 is 14.7 Å². The van der Waals surface area contributed by atoms with E-state index in [1.807, 2.05) is 6.07 Å². The third-order valence-corrected chi connectivity index (χ3v) is 7.91. The van der Waals surface area contributed by atoms with Crippen LogP contribution in [0.1, 0.15) is 99.4 Å². The molecule has 5 rings (SSSR count). The fraction of sp³-hybridized carbons (Fsp3) is 0.615. The minimum atomic E-state index is -0.870. The van der Waals surface area contributed by atoms with Crippen LogP contribution < -0.4 is 5.32 Å². The zero-order chi connectivity index (χ0) is 23.7. The highest BCUT2D eigenvalue weighted by Gasteiger charge is 2.45. The number of halogens is 1. The summed E-state index contributed by atoms with van der Waals surface area (Å²) in [5, 5.41) is 16.9. The van der Waals surface area contributed by atoms with Gasteiger partial charge in [0.25, 0.3) is 0 Å². The van der Waals surface area contributed by atoms with E-state index in [-0.39, 0.29) is 17.4 Å². The second-order valence-electron chi connectivity index (χ2n) is 10.4. The molecule has 1 aromatic carbocycles. The molecule has 2 aliphatic carbocycles. The number of nitrogens with one attached hydrogen (secondary N) is 1. The number of alkyl halides is 1. The van der Waals surface area contributed by atoms with Gasteiger partial charge in [0.15, 0.2) is 5.82 Å². The summed E-state index contributed by atoms with van der Waals surface area (Å²) in [5.41, 5.74) is 1.96. The van der Waals surface area contributed by atoms with Crippen molar-refractivity contribution in [2.75, 3.05) is 18.4 Å². The van der Waals surface area contributed by atoms with E-state index in [0.717, 1.165) is 18.4 Å². The van der Waals surface area contributed by atoms with Crippen LogP contribution in [0.3, 0.4) is 0 Å². The first-order chi connectivity index (χ1) is 16.5. The second-order valence-corrected chi connectivity index (χ2v) is 10.4. The lowest BCUT2D eigenvalue weighted by Crippen LogP contribution is -2.46. The van der Waals surface area contributed by atoms with Gasteiger partial charge in [-0.1, -0.05) is 49.9 Å². The average Bonchev–Trinajstić information content (AvgIpc) is 3.47. The molecule has 0 spiro atoms. The molecule has 7 nitrogen and oxygen atoms in total. The summed E-state index contributed by atoms with van der Waals surface area (Å²) in [7, 11) is 0. The van der Waals surface area contributed by atoms with Crippen molar-refractivity contribution in [2.24, 2.45) is 0 Å². The summed E-state index contributed by atoms with van der Waals surface area (Å²) in [5.74, 6) is 1.12. The van der Waals surface area contributed by atoms with Crippen LogP contribution in [0.2, 0.25) is 0 Å². The molecule has 2 aromatic rings. The van der Waals surface area contributed by atoms with Crippen LogP contribution in [0.15, 0.2) is 22.7 Å². The van der Waals surface area contributed by atoms with E-state index in [2.05, 4.69) is 34.5 Å². The van der Waals surface area contributed by atoms with Gasteiger partial charge >= 0.3 is 6.03 Å². The first-order valence-electron chi connectivity index (χ1n) is 12.6. The van der Waals surface area contributed by atoms with Crippen LogP contribution in [-0.4, -0.2) is 40.3 Å². The van der Waals surface area contributed by atoms with Gasteiger partial charge in [-0.3, -0.25) is 0 Å². The number of rotatable bonds is 4. The maximum absolute atomic E-state index is 13.3. The van der Waals surface area contributed by atoms with Crippen molar-refractivity contribution >= 4 is 11.7 Å². The number of benzene rings is 1. The molecule has 2 heterocycles. The smallest absolute Gasteiger partial charge is 0.321 e. The first kappa shape index (κ1) is 22.8. The highest BCUT2D eigenvalue weighted by molar-refractivity contribution is 5.92. The van der Waals surface area contributed by atoms with E-state index in [9.17, 15) is 14.4 Å². The number of hydrogen-bond donors (Lipinski definition) is 1. The Morgan fingerprint density at radius 2 is 1.94 bits per heavy atom. The number of carbonyl (C=O) groups excluding carboxylic acids is 1. The lowest BCUT2D eigenvalue weighted by Gasteiger charge is -2.37. The molecule has 3 aliphatic rings. The molecule has 2 atom stereocenters. The highest BCUT2D eigenvalue weighted by atomic mass is 19.1. The number of nitriles is 1. The number of carbonyl (C=O) groups is 1. The molecular weight excluding hydrogens is 433 g/mol. The Bertz CT molecular complexity index is 1080. The maximum atomic E-state index is 13.3. The molecule has 34 heavy (non-hydrogen) atoms. The summed E-state index contributed by atoms with van der Waals surface area (Å²) in [6.07, 6.45) is 8.03. The van der Waals surface area contributed by atoms with Gasteiger partial charge in [-0.2, -0.15) is 10.2 Å². The number of nitrogens with zero attached hydrogens (tertiary/aromatic N) is 4. The van der Waals surface area contributed by atoms with Crippen molar-refractivity contribution in [1.29, 1.82) is 5.26 Å². The number of anilines is 1. The van der Waals surface area contributed by atoms with Gasteiger partial charge in [0.05, 0.1) is 17.2 Å². The van der Waals surface area contributed by atoms with Crippen LogP contribution in [-0.2, 0) is 5.41 Å². The monoisotopic (exact) mass is 465 g/mol. The standard InChI is InChI=1S/C26H32FN5O2/c1-26(24-30-23(34-31-24)20-15-21(20)27)11-13-32(14-12-26)25(33)29-22-18(16-28)9-6-10-19(22)17-7-4-2-3-5-8-17/h6,9-10,17,20-21H,2-5,7-8,11-15H2,1H3,(H,29,33)/t20-,21+/m1/s1. The molecular formula is C26H32FN5O2. The van der Waals surface area contributed by atoms with Crippen LogP contribution >= 0.6 is 0 Å². The van der Waals surface area contributed by atoms with Crippen LogP contribution in [0, 0.1) is 11.3 Å². The number of likely N-dealkylation sites (tertiary alicyclic amines) is 1. The lowest BCUT2D eigenvalue weighted by atomic mass is 9.79. The SMILES string of the molecule is CC1(c2noc([C@@H]3C[C@@H]3F)n2)CCN(C(=O)Nc2c(C#N)cccc2C2CCCCCC2)CC1. The Balaban J connectivity index is 1.27. The normalized spacial score (nSPS) is 24.8. The van der Waals surface area contributed by atoms with Crippen molar-refractivity contribution in [3.8, 4) is 6.07 Å². The summed E-state index contributed by atoms with van der Waals surface area (Å²) >= 11 is 0. The Hall–Kier alpha value is -2.95. The van der Waals surface area contributed by atoms with E-state index >= 15 is 0 Å². The molecule has 1 N–H and O–H groups in total. The van der Waals surface area contributed by atoms with Crippen LogP contribution in [0.5, 0.6) is 0 Å². The van der Waals surface area contributed by atoms with Gasteiger partial charge in [0.2, 0.25) is 5.89 Å². The molecule has 8 heteroatoms. The minimum absolute atomic E-state index is 0.174. The zero-order valence-corrected chi connectivity index (χ0v) is 19.7. The van der Waals surface area contributed by atoms with Crippen LogP contribution in [0.4, 0.5) is 14.9 Å². The Morgan fingerprint density at radius 3 is 2.59 bits per heavy atom. The van der Waals surface area contributed by atoms with Crippen molar-refractivity contribution < 1.29 is 13.7 Å². The number of hydrogen-bond acceptors (Lipinski definition) is 5. The highest BCUT2D eigenvalue weighted by Crippen LogP contribution is 2.44. The van der Waals surface area contributed by atoms with Crippen molar-refractivity contribution in [3.05, 3.63) is 41.0 Å². The van der Waals surface area contributed by atoms with Crippen molar-refractivity contribution in [2.45, 2.75) is 88.1 Å². The molecule has 2 amide bonds. The molecule has 1 aromatic heterocycles. The quantitative estimate of drug-likeness (QED) is 0.577. The Labute approximate surface area is 199 Å². The molecule has 180 valence electrons. The van der Waals surface area contributed by atoms with Gasteiger partial charge in [-0.05, 0) is 49.7 Å². The molecule has 0 bridgehead atoms. The summed E-state index contributed by atoms with van der Waals surface area (Å²) in [6, 6.07) is 7.86. The number of piperidine rings is 1. The minimum Gasteiger partial charge on any atom is -0.339 e. The third-order valence-electron chi connectivity index (χ3n) is 7.91. The first-order valence-corrected chi connectivity index (χ1v) is 12.6. The van der Waals surface area contributed by atoms with Crippen LogP contribution in [0.25, 0.3) is 0 Å². The van der Waals surface area contributed by atoms with Crippen molar-refractivity contribution in [1.82, 2.24) is 15.0 Å². The molecule has 1 aliphatic heterocycles. The number of amides is 2. The van der Waals surface area contributed by atoms with E-state index in [4.69, 9.17) is 4.52 Å². The maximum Gasteiger partial charge on any atom is 0.321 e. The summed E-state index contributed by atoms with van der Waals surface area (Å²) < 4.78 is 18.7. The molecule has 0 unspecified atom stereocenters. The van der Waals surface area contributed by atoms with E-state index in [1.54, 1.807) is 11.0 Å². The Morgan fingerprint density at radius 1 is 1.24 bits per heavy atom. The van der Waals surface area contributed by atoms with Gasteiger partial charge in [0.1, 0.15) is 12.2 Å². The largest absolute Gasteiger partial charge is 0.339 e.